The first kappa shape index (κ1) is 11.2. The van der Waals surface area contributed by atoms with Crippen LogP contribution in [0.2, 0.25) is 0 Å². The Morgan fingerprint density at radius 3 is 2.63 bits per heavy atom. The molecule has 0 aliphatic heterocycles. The fourth-order valence-electron chi connectivity index (χ4n) is 1.71. The van der Waals surface area contributed by atoms with Gasteiger partial charge in [0.2, 0.25) is 5.91 Å². The summed E-state index contributed by atoms with van der Waals surface area (Å²) in [6.07, 6.45) is -0.0458. The molecule has 1 aromatic rings. The second-order valence-electron chi connectivity index (χ2n) is 4.62. The van der Waals surface area contributed by atoms with Gasteiger partial charge in [0.25, 0.3) is 0 Å². The van der Waals surface area contributed by atoms with Crippen molar-refractivity contribution in [3.63, 3.8) is 0 Å². The SMILES string of the molecule is [2H]C([2H])([2H])OC[C@@H](CC(C)=O)C(=O)NCc1ccc(C)cc1. The second kappa shape index (κ2) is 7.69. The lowest BCUT2D eigenvalue weighted by Crippen LogP contribution is -2.33. The van der Waals surface area contributed by atoms with Gasteiger partial charge in [-0.25, -0.2) is 0 Å². The predicted octanol–water partition coefficient (Wildman–Crippen LogP) is 1.85. The third-order valence-corrected chi connectivity index (χ3v) is 2.78. The summed E-state index contributed by atoms with van der Waals surface area (Å²) in [6, 6.07) is 7.67. The molecule has 0 unspecified atom stereocenters. The van der Waals surface area contributed by atoms with Crippen molar-refractivity contribution in [3.05, 3.63) is 35.4 Å². The van der Waals surface area contributed by atoms with Crippen molar-refractivity contribution in [1.82, 2.24) is 5.32 Å². The summed E-state index contributed by atoms with van der Waals surface area (Å²) in [5.41, 5.74) is 2.05. The van der Waals surface area contributed by atoms with E-state index in [1.807, 2.05) is 31.2 Å². The number of methoxy groups -OCH3 is 1. The van der Waals surface area contributed by atoms with Crippen molar-refractivity contribution in [2.45, 2.75) is 26.8 Å². The fraction of sp³-hybridized carbons (Fsp3) is 0.467. The molecule has 0 aromatic heterocycles. The zero-order chi connectivity index (χ0) is 16.8. The molecule has 0 aliphatic rings. The lowest BCUT2D eigenvalue weighted by atomic mass is 10.0. The lowest BCUT2D eigenvalue weighted by Gasteiger charge is -2.14. The van der Waals surface area contributed by atoms with E-state index in [0.29, 0.717) is 6.54 Å². The number of amides is 1. The van der Waals surface area contributed by atoms with Crippen molar-refractivity contribution < 1.29 is 18.4 Å². The Hall–Kier alpha value is -1.68. The van der Waals surface area contributed by atoms with Gasteiger partial charge in [0.1, 0.15) is 5.78 Å². The molecule has 1 atom stereocenters. The van der Waals surface area contributed by atoms with Gasteiger partial charge in [-0.3, -0.25) is 4.79 Å². The molecule has 0 spiro atoms. The van der Waals surface area contributed by atoms with Crippen molar-refractivity contribution in [3.8, 4) is 0 Å². The molecule has 4 heteroatoms. The molecule has 0 saturated carbocycles. The van der Waals surface area contributed by atoms with E-state index in [9.17, 15) is 9.59 Å². The molecule has 0 saturated heterocycles. The average molecular weight is 266 g/mol. The largest absolute Gasteiger partial charge is 0.384 e. The minimum absolute atomic E-state index is 0.0458. The van der Waals surface area contributed by atoms with Crippen LogP contribution in [0.5, 0.6) is 0 Å². The quantitative estimate of drug-likeness (QED) is 0.819. The fourth-order valence-corrected chi connectivity index (χ4v) is 1.71. The maximum absolute atomic E-state index is 12.1. The van der Waals surface area contributed by atoms with Crippen LogP contribution >= 0.6 is 0 Å². The Morgan fingerprint density at radius 1 is 1.37 bits per heavy atom. The van der Waals surface area contributed by atoms with Crippen molar-refractivity contribution in [1.29, 1.82) is 0 Å². The molecule has 1 aromatic carbocycles. The monoisotopic (exact) mass is 266 g/mol. The molecule has 1 amide bonds. The zero-order valence-corrected chi connectivity index (χ0v) is 11.2. The van der Waals surface area contributed by atoms with Crippen molar-refractivity contribution in [2.75, 3.05) is 13.6 Å². The van der Waals surface area contributed by atoms with Crippen LogP contribution in [-0.4, -0.2) is 25.3 Å². The number of hydrogen-bond donors (Lipinski definition) is 1. The number of benzene rings is 1. The predicted molar refractivity (Wildman–Crippen MR) is 73.7 cm³/mol. The number of Topliss-reactive ketones (excluding diaryl/α,β-unsaturated/α-hetero) is 1. The van der Waals surface area contributed by atoms with E-state index in [2.05, 4.69) is 10.1 Å². The molecular formula is C15H21NO3. The molecule has 0 heterocycles. The second-order valence-corrected chi connectivity index (χ2v) is 4.62. The van der Waals surface area contributed by atoms with Gasteiger partial charge in [0, 0.05) is 20.0 Å². The number of ether oxygens (including phenoxy) is 1. The normalized spacial score (nSPS) is 14.9. The molecule has 0 aliphatic carbocycles. The number of hydrogen-bond acceptors (Lipinski definition) is 3. The Bertz CT molecular complexity index is 512. The number of rotatable bonds is 7. The van der Waals surface area contributed by atoms with Crippen molar-refractivity contribution >= 4 is 11.7 Å². The minimum Gasteiger partial charge on any atom is -0.384 e. The highest BCUT2D eigenvalue weighted by atomic mass is 16.5. The minimum atomic E-state index is -2.58. The van der Waals surface area contributed by atoms with Gasteiger partial charge in [0.15, 0.2) is 0 Å². The Morgan fingerprint density at radius 2 is 2.05 bits per heavy atom. The average Bonchev–Trinajstić information content (AvgIpc) is 2.41. The standard InChI is InChI=1S/C15H21NO3/c1-11-4-6-13(7-5-11)9-16-15(18)14(10-19-3)8-12(2)17/h4-7,14H,8-10H2,1-3H3,(H,16,18)/t14-/m1/s1/i3D3. The first-order valence-electron chi connectivity index (χ1n) is 7.64. The molecule has 1 N–H and O–H groups in total. The van der Waals surface area contributed by atoms with Crippen LogP contribution in [0.25, 0.3) is 0 Å². The molecule has 19 heavy (non-hydrogen) atoms. The lowest BCUT2D eigenvalue weighted by molar-refractivity contribution is -0.130. The first-order chi connectivity index (χ1) is 10.2. The smallest absolute Gasteiger partial charge is 0.226 e. The molecule has 1 rings (SSSR count). The van der Waals surface area contributed by atoms with Crippen LogP contribution in [-0.2, 0) is 20.9 Å². The van der Waals surface area contributed by atoms with Gasteiger partial charge in [-0.2, -0.15) is 0 Å². The highest BCUT2D eigenvalue weighted by Crippen LogP contribution is 2.07. The third-order valence-electron chi connectivity index (χ3n) is 2.78. The molecule has 0 radical (unpaired) electrons. The molecule has 0 bridgehead atoms. The summed E-state index contributed by atoms with van der Waals surface area (Å²) in [4.78, 5) is 23.3. The van der Waals surface area contributed by atoms with Crippen LogP contribution in [0.3, 0.4) is 0 Å². The van der Waals surface area contributed by atoms with E-state index in [-0.39, 0.29) is 24.7 Å². The van der Waals surface area contributed by atoms with E-state index in [1.165, 1.54) is 6.92 Å². The van der Waals surface area contributed by atoms with Gasteiger partial charge in [-0.1, -0.05) is 29.8 Å². The number of nitrogens with one attached hydrogen (secondary N) is 1. The molecule has 104 valence electrons. The van der Waals surface area contributed by atoms with Gasteiger partial charge >= 0.3 is 0 Å². The number of ketones is 1. The van der Waals surface area contributed by atoms with E-state index in [1.54, 1.807) is 0 Å². The number of carbonyl (C=O) groups is 2. The van der Waals surface area contributed by atoms with Crippen LogP contribution in [0.1, 0.15) is 28.6 Å². The van der Waals surface area contributed by atoms with Crippen LogP contribution in [0.4, 0.5) is 0 Å². The third kappa shape index (κ3) is 5.66. The highest BCUT2D eigenvalue weighted by Gasteiger charge is 2.19. The molecular weight excluding hydrogens is 242 g/mol. The Kier molecular flexibility index (Phi) is 4.52. The summed E-state index contributed by atoms with van der Waals surface area (Å²) in [5, 5.41) is 2.71. The number of carbonyl (C=O) groups excluding carboxylic acids is 2. The van der Waals surface area contributed by atoms with E-state index in [4.69, 9.17) is 4.11 Å². The summed E-state index contributed by atoms with van der Waals surface area (Å²) < 4.78 is 25.7. The summed E-state index contributed by atoms with van der Waals surface area (Å²) in [6.45, 7) is 3.34. The Labute approximate surface area is 118 Å². The van der Waals surface area contributed by atoms with Crippen LogP contribution in [0, 0.1) is 12.8 Å². The van der Waals surface area contributed by atoms with E-state index >= 15 is 0 Å². The Balaban J connectivity index is 2.58. The maximum Gasteiger partial charge on any atom is 0.226 e. The maximum atomic E-state index is 12.1. The number of aryl methyl sites for hydroxylation is 1. The topological polar surface area (TPSA) is 55.4 Å². The summed E-state index contributed by atoms with van der Waals surface area (Å²) >= 11 is 0. The highest BCUT2D eigenvalue weighted by molar-refractivity contribution is 5.85. The van der Waals surface area contributed by atoms with Gasteiger partial charge in [0.05, 0.1) is 16.6 Å². The first-order valence-corrected chi connectivity index (χ1v) is 6.14. The van der Waals surface area contributed by atoms with Gasteiger partial charge < -0.3 is 14.8 Å². The summed E-state index contributed by atoms with van der Waals surface area (Å²) in [7, 11) is -2.58. The zero-order valence-electron chi connectivity index (χ0n) is 14.2. The van der Waals surface area contributed by atoms with Crippen molar-refractivity contribution in [2.24, 2.45) is 5.92 Å². The summed E-state index contributed by atoms with van der Waals surface area (Å²) in [5.74, 6) is -1.38. The van der Waals surface area contributed by atoms with Crippen LogP contribution in [0.15, 0.2) is 24.3 Å². The van der Waals surface area contributed by atoms with E-state index in [0.717, 1.165) is 11.1 Å². The van der Waals surface area contributed by atoms with E-state index < -0.39 is 13.0 Å². The van der Waals surface area contributed by atoms with Gasteiger partial charge in [-0.15, -0.1) is 0 Å². The molecule has 0 fully saturated rings. The van der Waals surface area contributed by atoms with Crippen LogP contribution < -0.4 is 5.32 Å². The van der Waals surface area contributed by atoms with Gasteiger partial charge in [-0.05, 0) is 19.4 Å². The molecule has 4 nitrogen and oxygen atoms in total.